The minimum absolute atomic E-state index is 0.0802. The molecule has 1 fully saturated rings. The van der Waals surface area contributed by atoms with Gasteiger partial charge < -0.3 is 25.4 Å². The van der Waals surface area contributed by atoms with Gasteiger partial charge in [-0.15, -0.1) is 0 Å². The Labute approximate surface area is 222 Å². The number of nitrogens with zero attached hydrogens (tertiary/aromatic N) is 4. The molecule has 0 spiro atoms. The van der Waals surface area contributed by atoms with Crippen molar-refractivity contribution in [3.05, 3.63) is 82.9 Å². The lowest BCUT2D eigenvalue weighted by molar-refractivity contribution is -0.128. The fourth-order valence-corrected chi connectivity index (χ4v) is 4.78. The van der Waals surface area contributed by atoms with Crippen LogP contribution in [0.4, 0.5) is 14.6 Å². The van der Waals surface area contributed by atoms with Crippen molar-refractivity contribution in [2.24, 2.45) is 5.92 Å². The smallest absolute Gasteiger partial charge is 0.225 e. The Kier molecular flexibility index (Phi) is 7.24. The summed E-state index contributed by atoms with van der Waals surface area (Å²) in [4.78, 5) is 25.8. The number of aliphatic hydroxyl groups is 2. The zero-order chi connectivity index (χ0) is 27.7. The van der Waals surface area contributed by atoms with E-state index in [1.165, 1.54) is 19.4 Å². The molecule has 0 aliphatic heterocycles. The van der Waals surface area contributed by atoms with Gasteiger partial charge in [0.05, 0.1) is 24.4 Å². The average molecular weight is 533 g/mol. The maximum atomic E-state index is 13.7. The summed E-state index contributed by atoms with van der Waals surface area (Å²) in [6, 6.07) is 10.6. The van der Waals surface area contributed by atoms with Crippen LogP contribution in [0.15, 0.2) is 48.8 Å². The van der Waals surface area contributed by atoms with E-state index in [4.69, 9.17) is 0 Å². The van der Waals surface area contributed by atoms with Crippen LogP contribution in [-0.4, -0.2) is 54.9 Å². The highest BCUT2D eigenvalue weighted by atomic mass is 19.2. The number of halogens is 2. The lowest BCUT2D eigenvalue weighted by Crippen LogP contribution is -2.36. The van der Waals surface area contributed by atoms with Crippen molar-refractivity contribution < 1.29 is 23.8 Å². The van der Waals surface area contributed by atoms with Crippen molar-refractivity contribution in [1.29, 1.82) is 0 Å². The molecule has 1 aliphatic carbocycles. The average Bonchev–Trinajstić information content (AvgIpc) is 3.48. The maximum absolute atomic E-state index is 13.7. The number of imidazole rings is 1. The molecular formula is C28H26F2N6O3. The fraction of sp³-hybridized carbons (Fsp3) is 0.286. The van der Waals surface area contributed by atoms with Crippen LogP contribution in [0.1, 0.15) is 35.0 Å². The minimum Gasteiger partial charge on any atom is -0.390 e. The highest BCUT2D eigenvalue weighted by Gasteiger charge is 2.46. The van der Waals surface area contributed by atoms with E-state index in [1.807, 2.05) is 31.2 Å². The van der Waals surface area contributed by atoms with Crippen LogP contribution in [0.2, 0.25) is 0 Å². The zero-order valence-electron chi connectivity index (χ0n) is 21.2. The Bertz CT molecular complexity index is 1610. The molecule has 0 saturated heterocycles. The van der Waals surface area contributed by atoms with E-state index in [-0.39, 0.29) is 23.7 Å². The van der Waals surface area contributed by atoms with Crippen LogP contribution < -0.4 is 10.6 Å². The molecule has 1 saturated carbocycles. The number of hydrogen-bond donors (Lipinski definition) is 4. The summed E-state index contributed by atoms with van der Waals surface area (Å²) < 4.78 is 28.6. The molecule has 39 heavy (non-hydrogen) atoms. The van der Waals surface area contributed by atoms with Crippen LogP contribution >= 0.6 is 0 Å². The Morgan fingerprint density at radius 3 is 2.67 bits per heavy atom. The predicted octanol–water partition coefficient (Wildman–Crippen LogP) is 2.45. The number of nitrogens with one attached hydrogen (secondary N) is 2. The van der Waals surface area contributed by atoms with Crippen LogP contribution in [-0.2, 0) is 11.3 Å². The molecule has 0 bridgehead atoms. The van der Waals surface area contributed by atoms with Crippen molar-refractivity contribution in [2.45, 2.75) is 38.1 Å². The van der Waals surface area contributed by atoms with Gasteiger partial charge in [-0.05, 0) is 43.0 Å². The van der Waals surface area contributed by atoms with E-state index < -0.39 is 35.8 Å². The van der Waals surface area contributed by atoms with Gasteiger partial charge in [0.25, 0.3) is 0 Å². The SMILES string of the molecule is CNC(=O)[C@H]1C[C@@H](n2cnc3c(NCc4cccc(C)c4)nc(C#Cc4ccc(F)c(F)c4)nc32)[C@H](O)[C@@H]1O. The molecule has 2 aromatic carbocycles. The molecule has 4 aromatic rings. The predicted molar refractivity (Wildman–Crippen MR) is 139 cm³/mol. The molecule has 5 rings (SSSR count). The summed E-state index contributed by atoms with van der Waals surface area (Å²) in [6.45, 7) is 2.42. The third-order valence-electron chi connectivity index (χ3n) is 6.79. The number of aliphatic hydroxyl groups excluding tert-OH is 2. The summed E-state index contributed by atoms with van der Waals surface area (Å²) in [6.07, 6.45) is -0.850. The Hall–Kier alpha value is -4.40. The van der Waals surface area contributed by atoms with Gasteiger partial charge >= 0.3 is 0 Å². The lowest BCUT2D eigenvalue weighted by Gasteiger charge is -2.18. The first kappa shape index (κ1) is 26.2. The Balaban J connectivity index is 1.55. The number of hydrogen-bond acceptors (Lipinski definition) is 7. The summed E-state index contributed by atoms with van der Waals surface area (Å²) in [5.74, 6) is 2.83. The summed E-state index contributed by atoms with van der Waals surface area (Å²) in [5, 5.41) is 27.1. The first-order valence-corrected chi connectivity index (χ1v) is 12.3. The third-order valence-corrected chi connectivity index (χ3v) is 6.79. The second kappa shape index (κ2) is 10.8. The monoisotopic (exact) mass is 532 g/mol. The molecule has 9 nitrogen and oxygen atoms in total. The highest BCUT2D eigenvalue weighted by molar-refractivity contribution is 5.84. The van der Waals surface area contributed by atoms with E-state index >= 15 is 0 Å². The summed E-state index contributed by atoms with van der Waals surface area (Å²) in [5.41, 5.74) is 3.09. The number of benzene rings is 2. The minimum atomic E-state index is -1.26. The molecule has 0 unspecified atom stereocenters. The first-order valence-electron chi connectivity index (χ1n) is 12.3. The van der Waals surface area contributed by atoms with Gasteiger partial charge in [-0.2, -0.15) is 0 Å². The number of aromatic nitrogens is 4. The van der Waals surface area contributed by atoms with Crippen molar-refractivity contribution >= 4 is 22.9 Å². The Morgan fingerprint density at radius 1 is 1.10 bits per heavy atom. The third kappa shape index (κ3) is 5.30. The largest absolute Gasteiger partial charge is 0.390 e. The second-order valence-electron chi connectivity index (χ2n) is 9.45. The van der Waals surface area contributed by atoms with Gasteiger partial charge in [0.1, 0.15) is 6.10 Å². The number of fused-ring (bicyclic) bond motifs is 1. The van der Waals surface area contributed by atoms with Gasteiger partial charge in [-0.25, -0.2) is 23.7 Å². The number of rotatable bonds is 5. The molecule has 1 aliphatic rings. The highest BCUT2D eigenvalue weighted by Crippen LogP contribution is 2.37. The summed E-state index contributed by atoms with van der Waals surface area (Å²) >= 11 is 0. The van der Waals surface area contributed by atoms with E-state index in [2.05, 4.69) is 37.4 Å². The van der Waals surface area contributed by atoms with Gasteiger partial charge in [0.2, 0.25) is 11.7 Å². The van der Waals surface area contributed by atoms with Crippen LogP contribution in [0.25, 0.3) is 11.2 Å². The van der Waals surface area contributed by atoms with Gasteiger partial charge in [-0.1, -0.05) is 35.7 Å². The molecule has 11 heteroatoms. The molecule has 4 atom stereocenters. The molecule has 1 amide bonds. The van der Waals surface area contributed by atoms with E-state index in [0.29, 0.717) is 23.5 Å². The number of amides is 1. The second-order valence-corrected chi connectivity index (χ2v) is 9.45. The molecular weight excluding hydrogens is 506 g/mol. The van der Waals surface area contributed by atoms with Gasteiger partial charge in [-0.3, -0.25) is 4.79 Å². The number of carbonyl (C=O) groups is 1. The van der Waals surface area contributed by atoms with Gasteiger partial charge in [0.15, 0.2) is 28.6 Å². The Morgan fingerprint density at radius 2 is 1.92 bits per heavy atom. The number of aryl methyl sites for hydroxylation is 1. The quantitative estimate of drug-likeness (QED) is 0.291. The van der Waals surface area contributed by atoms with E-state index in [9.17, 15) is 23.8 Å². The van der Waals surface area contributed by atoms with Crippen molar-refractivity contribution in [3.8, 4) is 11.8 Å². The van der Waals surface area contributed by atoms with Gasteiger partial charge in [0, 0.05) is 19.2 Å². The van der Waals surface area contributed by atoms with Crippen molar-refractivity contribution in [1.82, 2.24) is 24.8 Å². The van der Waals surface area contributed by atoms with Crippen molar-refractivity contribution in [2.75, 3.05) is 12.4 Å². The van der Waals surface area contributed by atoms with Crippen molar-refractivity contribution in [3.63, 3.8) is 0 Å². The molecule has 0 radical (unpaired) electrons. The standard InChI is InChI=1S/C28H26F2N6O3/c1-15-4-3-5-17(10-15)13-32-26-23-27(35-22(34-26)9-7-16-6-8-19(29)20(30)11-16)36(14-33-23)21-12-18(28(39)31-2)24(37)25(21)38/h3-6,8,10-11,14,18,21,24-25,37-38H,12-13H2,1-2H3,(H,31,39)(H,32,34,35)/t18-,21+,24+,25-/m0/s1. The normalized spacial score (nSPS) is 20.5. The molecule has 2 heterocycles. The first-order chi connectivity index (χ1) is 18.7. The topological polar surface area (TPSA) is 125 Å². The van der Waals surface area contributed by atoms with Crippen LogP contribution in [0.3, 0.4) is 0 Å². The zero-order valence-corrected chi connectivity index (χ0v) is 21.2. The lowest BCUT2D eigenvalue weighted by atomic mass is 10.1. The number of carbonyl (C=O) groups excluding carboxylic acids is 1. The molecule has 4 N–H and O–H groups in total. The van der Waals surface area contributed by atoms with E-state index in [0.717, 1.165) is 23.3 Å². The molecule has 2 aromatic heterocycles. The van der Waals surface area contributed by atoms with E-state index in [1.54, 1.807) is 4.57 Å². The van der Waals surface area contributed by atoms with Crippen LogP contribution in [0.5, 0.6) is 0 Å². The van der Waals surface area contributed by atoms with Crippen LogP contribution in [0, 0.1) is 36.3 Å². The fourth-order valence-electron chi connectivity index (χ4n) is 4.78. The number of anilines is 1. The maximum Gasteiger partial charge on any atom is 0.225 e. The molecule has 200 valence electrons. The summed E-state index contributed by atoms with van der Waals surface area (Å²) in [7, 11) is 1.47.